The highest BCUT2D eigenvalue weighted by atomic mass is 79.9. The Morgan fingerprint density at radius 3 is 2.35 bits per heavy atom. The highest BCUT2D eigenvalue weighted by Gasteiger charge is 2.18. The molecular formula is C14H11BrCl2N2O. The van der Waals surface area contributed by atoms with Crippen LogP contribution in [0.4, 0.5) is 5.69 Å². The van der Waals surface area contributed by atoms with Crippen molar-refractivity contribution in [2.75, 3.05) is 5.32 Å². The Hall–Kier alpha value is -1.23. The van der Waals surface area contributed by atoms with Gasteiger partial charge in [0.1, 0.15) is 6.04 Å². The van der Waals surface area contributed by atoms with Crippen LogP contribution in [-0.2, 0) is 4.79 Å². The summed E-state index contributed by atoms with van der Waals surface area (Å²) in [4.78, 5) is 11.7. The van der Waals surface area contributed by atoms with Crippen LogP contribution >= 0.6 is 39.1 Å². The number of benzene rings is 2. The van der Waals surface area contributed by atoms with Crippen LogP contribution in [0.2, 0.25) is 10.0 Å². The average molecular weight is 374 g/mol. The Balaban J connectivity index is 2.34. The van der Waals surface area contributed by atoms with Crippen LogP contribution in [0.15, 0.2) is 46.9 Å². The number of rotatable bonds is 4. The third kappa shape index (κ3) is 3.88. The van der Waals surface area contributed by atoms with Crippen molar-refractivity contribution in [2.24, 2.45) is 5.73 Å². The second kappa shape index (κ2) is 6.48. The Kier molecular flexibility index (Phi) is 4.91. The Labute approximate surface area is 135 Å². The van der Waals surface area contributed by atoms with Gasteiger partial charge < -0.3 is 11.1 Å². The van der Waals surface area contributed by atoms with E-state index in [1.165, 1.54) is 0 Å². The smallest absolute Gasteiger partial charge is 0.244 e. The molecule has 104 valence electrons. The van der Waals surface area contributed by atoms with Crippen molar-refractivity contribution in [1.82, 2.24) is 0 Å². The molecule has 0 bridgehead atoms. The molecule has 0 spiro atoms. The van der Waals surface area contributed by atoms with Gasteiger partial charge in [-0.15, -0.1) is 0 Å². The van der Waals surface area contributed by atoms with Crippen LogP contribution in [0, 0.1) is 0 Å². The molecule has 1 amide bonds. The van der Waals surface area contributed by atoms with Crippen molar-refractivity contribution >= 4 is 50.7 Å². The molecule has 0 saturated carbocycles. The van der Waals surface area contributed by atoms with Crippen LogP contribution in [0.25, 0.3) is 0 Å². The second-order valence-electron chi connectivity index (χ2n) is 4.19. The van der Waals surface area contributed by atoms with E-state index in [9.17, 15) is 4.79 Å². The summed E-state index contributed by atoms with van der Waals surface area (Å²) < 4.78 is 0.898. The fraction of sp³-hybridized carbons (Fsp3) is 0.0714. The molecule has 2 aromatic carbocycles. The molecule has 2 aromatic rings. The van der Waals surface area contributed by atoms with Gasteiger partial charge in [0.05, 0.1) is 0 Å². The third-order valence-electron chi connectivity index (χ3n) is 2.64. The van der Waals surface area contributed by atoms with Gasteiger partial charge in [-0.3, -0.25) is 4.79 Å². The maximum absolute atomic E-state index is 11.7. The standard InChI is InChI=1S/C14H11BrCl2N2O/c15-9-2-1-3-12(6-9)19-13(14(18)20)8-4-10(16)7-11(17)5-8/h1-7,13,19H,(H2,18,20). The molecule has 1 atom stereocenters. The van der Waals surface area contributed by atoms with Gasteiger partial charge >= 0.3 is 0 Å². The van der Waals surface area contributed by atoms with Gasteiger partial charge in [0.25, 0.3) is 0 Å². The highest BCUT2D eigenvalue weighted by Crippen LogP contribution is 2.27. The number of hydrogen-bond donors (Lipinski definition) is 2. The first kappa shape index (κ1) is 15.2. The van der Waals surface area contributed by atoms with Gasteiger partial charge in [0.15, 0.2) is 0 Å². The largest absolute Gasteiger partial charge is 0.370 e. The summed E-state index contributed by atoms with van der Waals surface area (Å²) in [6.07, 6.45) is 0. The lowest BCUT2D eigenvalue weighted by Crippen LogP contribution is -2.27. The number of amides is 1. The summed E-state index contributed by atoms with van der Waals surface area (Å²) in [6.45, 7) is 0. The summed E-state index contributed by atoms with van der Waals surface area (Å²) in [5.74, 6) is -0.511. The first-order chi connectivity index (χ1) is 9.45. The molecule has 0 aromatic heterocycles. The van der Waals surface area contributed by atoms with E-state index in [1.807, 2.05) is 24.3 Å². The maximum Gasteiger partial charge on any atom is 0.244 e. The zero-order valence-electron chi connectivity index (χ0n) is 10.2. The Bertz CT molecular complexity index is 629. The molecule has 3 nitrogen and oxygen atoms in total. The topological polar surface area (TPSA) is 55.1 Å². The number of carbonyl (C=O) groups excluding carboxylic acids is 1. The number of nitrogens with one attached hydrogen (secondary N) is 1. The van der Waals surface area contributed by atoms with Crippen LogP contribution in [0.5, 0.6) is 0 Å². The van der Waals surface area contributed by atoms with E-state index in [1.54, 1.807) is 18.2 Å². The van der Waals surface area contributed by atoms with E-state index in [0.717, 1.165) is 10.2 Å². The molecule has 0 aliphatic carbocycles. The predicted octanol–water partition coefficient (Wildman–Crippen LogP) is 4.39. The highest BCUT2D eigenvalue weighted by molar-refractivity contribution is 9.10. The Morgan fingerprint density at radius 1 is 1.15 bits per heavy atom. The van der Waals surface area contributed by atoms with E-state index in [-0.39, 0.29) is 0 Å². The molecule has 0 fully saturated rings. The lowest BCUT2D eigenvalue weighted by atomic mass is 10.1. The number of nitrogens with two attached hydrogens (primary N) is 1. The molecule has 0 aliphatic heterocycles. The summed E-state index contributed by atoms with van der Waals surface area (Å²) in [7, 11) is 0. The maximum atomic E-state index is 11.7. The summed E-state index contributed by atoms with van der Waals surface area (Å²) in [5, 5.41) is 3.98. The van der Waals surface area contributed by atoms with Gasteiger partial charge in [0.2, 0.25) is 5.91 Å². The van der Waals surface area contributed by atoms with E-state index >= 15 is 0 Å². The lowest BCUT2D eigenvalue weighted by Gasteiger charge is -2.18. The van der Waals surface area contributed by atoms with E-state index in [2.05, 4.69) is 21.2 Å². The number of anilines is 1. The Morgan fingerprint density at radius 2 is 1.80 bits per heavy atom. The number of primary amides is 1. The van der Waals surface area contributed by atoms with E-state index in [4.69, 9.17) is 28.9 Å². The SMILES string of the molecule is NC(=O)C(Nc1cccc(Br)c1)c1cc(Cl)cc(Cl)c1. The first-order valence-electron chi connectivity index (χ1n) is 5.73. The summed E-state index contributed by atoms with van der Waals surface area (Å²) >= 11 is 15.3. The fourth-order valence-electron chi connectivity index (χ4n) is 1.81. The van der Waals surface area contributed by atoms with Gasteiger partial charge in [0, 0.05) is 20.2 Å². The molecule has 0 aliphatic rings. The van der Waals surface area contributed by atoms with Crippen molar-refractivity contribution in [3.63, 3.8) is 0 Å². The fourth-order valence-corrected chi connectivity index (χ4v) is 2.75. The monoisotopic (exact) mass is 372 g/mol. The second-order valence-corrected chi connectivity index (χ2v) is 5.98. The van der Waals surface area contributed by atoms with Crippen LogP contribution in [0.1, 0.15) is 11.6 Å². The van der Waals surface area contributed by atoms with Gasteiger partial charge in [-0.1, -0.05) is 45.2 Å². The minimum absolute atomic E-state index is 0.454. The molecule has 0 radical (unpaired) electrons. The predicted molar refractivity (Wildman–Crippen MR) is 86.2 cm³/mol. The number of halogens is 3. The van der Waals surface area contributed by atoms with Gasteiger partial charge in [-0.05, 0) is 42.0 Å². The van der Waals surface area contributed by atoms with Crippen LogP contribution < -0.4 is 11.1 Å². The average Bonchev–Trinajstić information content (AvgIpc) is 2.34. The molecular weight excluding hydrogens is 363 g/mol. The van der Waals surface area contributed by atoms with Gasteiger partial charge in [-0.2, -0.15) is 0 Å². The normalized spacial score (nSPS) is 11.9. The molecule has 0 saturated heterocycles. The quantitative estimate of drug-likeness (QED) is 0.834. The molecule has 2 rings (SSSR count). The minimum Gasteiger partial charge on any atom is -0.370 e. The van der Waals surface area contributed by atoms with Crippen molar-refractivity contribution in [3.8, 4) is 0 Å². The van der Waals surface area contributed by atoms with E-state index < -0.39 is 11.9 Å². The zero-order chi connectivity index (χ0) is 14.7. The van der Waals surface area contributed by atoms with Crippen molar-refractivity contribution < 1.29 is 4.79 Å². The zero-order valence-corrected chi connectivity index (χ0v) is 13.3. The lowest BCUT2D eigenvalue weighted by molar-refractivity contribution is -0.118. The van der Waals surface area contributed by atoms with Crippen LogP contribution in [-0.4, -0.2) is 5.91 Å². The summed E-state index contributed by atoms with van der Waals surface area (Å²) in [5.41, 5.74) is 6.84. The number of hydrogen-bond acceptors (Lipinski definition) is 2. The van der Waals surface area contributed by atoms with Crippen molar-refractivity contribution in [2.45, 2.75) is 6.04 Å². The van der Waals surface area contributed by atoms with Gasteiger partial charge in [-0.25, -0.2) is 0 Å². The molecule has 20 heavy (non-hydrogen) atoms. The van der Waals surface area contributed by atoms with Crippen LogP contribution in [0.3, 0.4) is 0 Å². The third-order valence-corrected chi connectivity index (χ3v) is 3.57. The first-order valence-corrected chi connectivity index (χ1v) is 7.28. The molecule has 6 heteroatoms. The van der Waals surface area contributed by atoms with E-state index in [0.29, 0.717) is 15.6 Å². The van der Waals surface area contributed by atoms with Crippen molar-refractivity contribution in [1.29, 1.82) is 0 Å². The summed E-state index contributed by atoms with van der Waals surface area (Å²) in [6, 6.07) is 11.6. The molecule has 0 heterocycles. The number of carbonyl (C=O) groups is 1. The molecule has 3 N–H and O–H groups in total. The molecule has 1 unspecified atom stereocenters. The van der Waals surface area contributed by atoms with Crippen molar-refractivity contribution in [3.05, 3.63) is 62.5 Å². The minimum atomic E-state index is -0.708.